The molecule has 0 fully saturated rings. The minimum Gasteiger partial charge on any atom is -0.477 e. The molecule has 0 saturated carbocycles. The number of hydrogen-bond acceptors (Lipinski definition) is 6. The second-order valence-electron chi connectivity index (χ2n) is 6.53. The van der Waals surface area contributed by atoms with Crippen molar-refractivity contribution >= 4 is 43.9 Å². The van der Waals surface area contributed by atoms with Gasteiger partial charge in [0.05, 0.1) is 27.2 Å². The van der Waals surface area contributed by atoms with Crippen molar-refractivity contribution in [3.63, 3.8) is 0 Å². The summed E-state index contributed by atoms with van der Waals surface area (Å²) in [5.74, 6) is -1.29. The number of rotatable bonds is 5. The van der Waals surface area contributed by atoms with E-state index in [1.54, 1.807) is 30.3 Å². The fraction of sp³-hybridized carbons (Fsp3) is 0.0500. The third kappa shape index (κ3) is 3.43. The van der Waals surface area contributed by atoms with Crippen LogP contribution in [-0.4, -0.2) is 36.1 Å². The molecule has 0 bridgehead atoms. The number of thiophene rings is 1. The van der Waals surface area contributed by atoms with Crippen LogP contribution in [0.2, 0.25) is 0 Å². The van der Waals surface area contributed by atoms with Crippen molar-refractivity contribution in [1.82, 2.24) is 9.55 Å². The number of anilines is 1. The topological polar surface area (TPSA) is 130 Å². The van der Waals surface area contributed by atoms with Crippen LogP contribution in [0.4, 0.5) is 5.69 Å². The van der Waals surface area contributed by atoms with Crippen molar-refractivity contribution in [3.05, 3.63) is 85.7 Å². The number of nitrogens with zero attached hydrogens (tertiary/aromatic N) is 2. The highest BCUT2D eigenvalue weighted by molar-refractivity contribution is 7.92. The van der Waals surface area contributed by atoms with E-state index in [0.717, 1.165) is 20.2 Å². The molecule has 0 amide bonds. The molecule has 2 aromatic carbocycles. The maximum atomic E-state index is 13.1. The van der Waals surface area contributed by atoms with Crippen molar-refractivity contribution in [2.75, 3.05) is 11.4 Å². The lowest BCUT2D eigenvalue weighted by molar-refractivity contribution is 0.0704. The molecule has 11 heteroatoms. The summed E-state index contributed by atoms with van der Waals surface area (Å²) in [4.78, 5) is 39.1. The molecule has 9 nitrogen and oxygen atoms in total. The lowest BCUT2D eigenvalue weighted by Gasteiger charge is -2.20. The standard InChI is InChI=1S/C20H15N3O6S2/c1-22(12-6-3-2-4-7-12)31(28,29)14-9-5-8-13(10-14)23-18(24)16-15(21-20(23)27)11-30-17(16)19(25)26/h2-11H,1H3,(H,21,27)(H,25,26). The number of carboxylic acids is 1. The molecule has 0 saturated heterocycles. The summed E-state index contributed by atoms with van der Waals surface area (Å²) in [5, 5.41) is 10.6. The zero-order valence-electron chi connectivity index (χ0n) is 16.0. The Hall–Kier alpha value is -3.70. The molecule has 0 aliphatic rings. The Labute approximate surface area is 179 Å². The number of sulfonamides is 1. The molecular formula is C20H15N3O6S2. The number of nitrogens with one attached hydrogen (secondary N) is 1. The van der Waals surface area contributed by atoms with E-state index in [1.807, 2.05) is 0 Å². The normalized spacial score (nSPS) is 11.5. The van der Waals surface area contributed by atoms with Gasteiger partial charge in [-0.05, 0) is 30.3 Å². The van der Waals surface area contributed by atoms with Gasteiger partial charge < -0.3 is 10.1 Å². The molecule has 4 rings (SSSR count). The monoisotopic (exact) mass is 457 g/mol. The van der Waals surface area contributed by atoms with Crippen LogP contribution in [0.25, 0.3) is 16.6 Å². The van der Waals surface area contributed by atoms with Crippen LogP contribution in [0.1, 0.15) is 9.67 Å². The molecule has 0 aliphatic heterocycles. The van der Waals surface area contributed by atoms with Crippen molar-refractivity contribution in [2.24, 2.45) is 0 Å². The van der Waals surface area contributed by atoms with E-state index in [9.17, 15) is 27.9 Å². The maximum absolute atomic E-state index is 13.1. The summed E-state index contributed by atoms with van der Waals surface area (Å²) in [6.45, 7) is 0. The van der Waals surface area contributed by atoms with E-state index in [0.29, 0.717) is 5.69 Å². The Morgan fingerprint density at radius 2 is 1.81 bits per heavy atom. The summed E-state index contributed by atoms with van der Waals surface area (Å²) < 4.78 is 28.0. The molecule has 2 heterocycles. The van der Waals surface area contributed by atoms with Gasteiger partial charge in [0.2, 0.25) is 0 Å². The van der Waals surface area contributed by atoms with E-state index < -0.39 is 27.2 Å². The number of aromatic carboxylic acids is 1. The number of carbonyl (C=O) groups is 1. The number of fused-ring (bicyclic) bond motifs is 1. The summed E-state index contributed by atoms with van der Waals surface area (Å²) in [6.07, 6.45) is 0. The molecule has 2 aromatic heterocycles. The summed E-state index contributed by atoms with van der Waals surface area (Å²) >= 11 is 0.821. The lowest BCUT2D eigenvalue weighted by atomic mass is 10.2. The minimum atomic E-state index is -3.99. The number of benzene rings is 2. The quantitative estimate of drug-likeness (QED) is 0.473. The number of aromatic nitrogens is 2. The second kappa shape index (κ2) is 7.52. The van der Waals surface area contributed by atoms with Crippen molar-refractivity contribution < 1.29 is 18.3 Å². The number of carboxylic acid groups (broad SMARTS) is 1. The molecule has 4 aromatic rings. The predicted octanol–water partition coefficient (Wildman–Crippen LogP) is 2.26. The summed E-state index contributed by atoms with van der Waals surface area (Å²) in [7, 11) is -2.59. The van der Waals surface area contributed by atoms with Crippen LogP contribution in [0.5, 0.6) is 0 Å². The fourth-order valence-corrected chi connectivity index (χ4v) is 5.21. The maximum Gasteiger partial charge on any atom is 0.346 e. The third-order valence-corrected chi connectivity index (χ3v) is 7.45. The van der Waals surface area contributed by atoms with E-state index >= 15 is 0 Å². The first-order valence-corrected chi connectivity index (χ1v) is 11.2. The summed E-state index contributed by atoms with van der Waals surface area (Å²) in [5.41, 5.74) is -1.10. The van der Waals surface area contributed by atoms with Gasteiger partial charge in [-0.2, -0.15) is 0 Å². The molecule has 31 heavy (non-hydrogen) atoms. The SMILES string of the molecule is CN(c1ccccc1)S(=O)(=O)c1cccc(-n2c(=O)[nH]c3csc(C(=O)O)c3c2=O)c1. The van der Waals surface area contributed by atoms with Gasteiger partial charge in [0, 0.05) is 12.4 Å². The van der Waals surface area contributed by atoms with Crippen LogP contribution in [0, 0.1) is 0 Å². The molecule has 0 spiro atoms. The van der Waals surface area contributed by atoms with Crippen molar-refractivity contribution in [3.8, 4) is 5.69 Å². The molecular weight excluding hydrogens is 442 g/mol. The molecule has 0 radical (unpaired) electrons. The smallest absolute Gasteiger partial charge is 0.346 e. The Morgan fingerprint density at radius 1 is 1.10 bits per heavy atom. The van der Waals surface area contributed by atoms with Gasteiger partial charge in [0.25, 0.3) is 15.6 Å². The zero-order valence-corrected chi connectivity index (χ0v) is 17.6. The highest BCUT2D eigenvalue weighted by atomic mass is 32.2. The Balaban J connectivity index is 1.89. The minimum absolute atomic E-state index is 0.00164. The number of para-hydroxylation sites is 1. The highest BCUT2D eigenvalue weighted by Gasteiger charge is 2.23. The van der Waals surface area contributed by atoms with Gasteiger partial charge in [-0.1, -0.05) is 24.3 Å². The molecule has 0 aliphatic carbocycles. The van der Waals surface area contributed by atoms with Gasteiger partial charge in [0.1, 0.15) is 4.88 Å². The Morgan fingerprint density at radius 3 is 2.48 bits per heavy atom. The van der Waals surface area contributed by atoms with Crippen molar-refractivity contribution in [2.45, 2.75) is 4.90 Å². The molecule has 0 atom stereocenters. The second-order valence-corrected chi connectivity index (χ2v) is 9.38. The lowest BCUT2D eigenvalue weighted by Crippen LogP contribution is -2.34. The van der Waals surface area contributed by atoms with E-state index in [1.165, 1.54) is 36.7 Å². The Bertz CT molecular complexity index is 1530. The molecule has 2 N–H and O–H groups in total. The molecule has 158 valence electrons. The van der Waals surface area contributed by atoms with E-state index in [4.69, 9.17) is 0 Å². The number of hydrogen-bond donors (Lipinski definition) is 2. The largest absolute Gasteiger partial charge is 0.477 e. The van der Waals surface area contributed by atoms with Crippen LogP contribution in [0.3, 0.4) is 0 Å². The van der Waals surface area contributed by atoms with Gasteiger partial charge in [-0.25, -0.2) is 22.6 Å². The van der Waals surface area contributed by atoms with Crippen LogP contribution >= 0.6 is 11.3 Å². The van der Waals surface area contributed by atoms with Gasteiger partial charge in [-0.15, -0.1) is 11.3 Å². The van der Waals surface area contributed by atoms with Crippen LogP contribution in [0.15, 0.2) is 74.5 Å². The molecule has 0 unspecified atom stereocenters. The van der Waals surface area contributed by atoms with Gasteiger partial charge in [0.15, 0.2) is 0 Å². The van der Waals surface area contributed by atoms with Crippen LogP contribution < -0.4 is 15.6 Å². The third-order valence-electron chi connectivity index (χ3n) is 4.70. The van der Waals surface area contributed by atoms with Gasteiger partial charge >= 0.3 is 11.7 Å². The first-order valence-electron chi connectivity index (χ1n) is 8.86. The Kier molecular flexibility index (Phi) is 4.99. The fourth-order valence-electron chi connectivity index (χ4n) is 3.15. The zero-order chi connectivity index (χ0) is 22.3. The highest BCUT2D eigenvalue weighted by Crippen LogP contribution is 2.24. The van der Waals surface area contributed by atoms with Crippen molar-refractivity contribution in [1.29, 1.82) is 0 Å². The average Bonchev–Trinajstić information content (AvgIpc) is 3.18. The average molecular weight is 457 g/mol. The van der Waals surface area contributed by atoms with Gasteiger partial charge in [-0.3, -0.25) is 9.10 Å². The predicted molar refractivity (Wildman–Crippen MR) is 117 cm³/mol. The van der Waals surface area contributed by atoms with E-state index in [2.05, 4.69) is 4.98 Å². The summed E-state index contributed by atoms with van der Waals surface area (Å²) in [6, 6.07) is 13.8. The van der Waals surface area contributed by atoms with E-state index in [-0.39, 0.29) is 26.4 Å². The first kappa shape index (κ1) is 20.6. The number of aromatic amines is 1. The van der Waals surface area contributed by atoms with Crippen LogP contribution in [-0.2, 0) is 10.0 Å². The first-order chi connectivity index (χ1) is 14.7. The number of H-pyrrole nitrogens is 1.